The zero-order chi connectivity index (χ0) is 13.2. The molecule has 0 saturated heterocycles. The Balaban J connectivity index is 2.26. The minimum Gasteiger partial charge on any atom is -0.492 e. The quantitative estimate of drug-likeness (QED) is 0.589. The summed E-state index contributed by atoms with van der Waals surface area (Å²) in [5.41, 5.74) is 0.591. The van der Waals surface area contributed by atoms with E-state index in [2.05, 4.69) is 27.5 Å². The standard InChI is InChI=1S/C13H24N4O/c1-3-4-5-6-7-8-9-15-11-12(14-2)16-10-17-13(11)18/h10,15H,3-9H2,1-2H3,(H2,14,16,17,18). The van der Waals surface area contributed by atoms with Gasteiger partial charge in [-0.25, -0.2) is 4.98 Å². The maximum atomic E-state index is 9.64. The molecule has 0 amide bonds. The van der Waals surface area contributed by atoms with Crippen molar-refractivity contribution in [3.8, 4) is 5.88 Å². The van der Waals surface area contributed by atoms with Crippen molar-refractivity contribution in [1.29, 1.82) is 0 Å². The zero-order valence-electron chi connectivity index (χ0n) is 11.4. The molecule has 0 fully saturated rings. The Labute approximate surface area is 109 Å². The second-order valence-electron chi connectivity index (χ2n) is 4.37. The maximum absolute atomic E-state index is 9.64. The van der Waals surface area contributed by atoms with E-state index in [-0.39, 0.29) is 5.88 Å². The fourth-order valence-corrected chi connectivity index (χ4v) is 1.85. The van der Waals surface area contributed by atoms with Crippen LogP contribution in [0.15, 0.2) is 6.33 Å². The van der Waals surface area contributed by atoms with E-state index in [0.29, 0.717) is 11.5 Å². The van der Waals surface area contributed by atoms with Gasteiger partial charge in [0.2, 0.25) is 5.88 Å². The van der Waals surface area contributed by atoms with Crippen molar-refractivity contribution in [3.63, 3.8) is 0 Å². The molecule has 1 aromatic heterocycles. The molecule has 0 spiro atoms. The SMILES string of the molecule is CCCCCCCCNc1c(O)ncnc1NC. The lowest BCUT2D eigenvalue weighted by molar-refractivity contribution is 0.454. The third kappa shape index (κ3) is 4.77. The van der Waals surface area contributed by atoms with Gasteiger partial charge in [-0.1, -0.05) is 39.0 Å². The van der Waals surface area contributed by atoms with Gasteiger partial charge in [0.05, 0.1) is 0 Å². The first kappa shape index (κ1) is 14.5. The summed E-state index contributed by atoms with van der Waals surface area (Å²) < 4.78 is 0. The molecule has 0 aliphatic rings. The Morgan fingerprint density at radius 2 is 1.83 bits per heavy atom. The topological polar surface area (TPSA) is 70.1 Å². The molecule has 0 aromatic carbocycles. The number of anilines is 2. The van der Waals surface area contributed by atoms with E-state index in [1.165, 1.54) is 38.4 Å². The van der Waals surface area contributed by atoms with Crippen molar-refractivity contribution in [2.24, 2.45) is 0 Å². The fraction of sp³-hybridized carbons (Fsp3) is 0.692. The predicted octanol–water partition coefficient (Wildman–Crippen LogP) is 3.00. The van der Waals surface area contributed by atoms with Crippen molar-refractivity contribution in [3.05, 3.63) is 6.33 Å². The lowest BCUT2D eigenvalue weighted by Crippen LogP contribution is -2.06. The first-order valence-electron chi connectivity index (χ1n) is 6.75. The molecular formula is C13H24N4O. The Kier molecular flexibility index (Phi) is 6.91. The van der Waals surface area contributed by atoms with Crippen molar-refractivity contribution in [2.75, 3.05) is 24.2 Å². The monoisotopic (exact) mass is 252 g/mol. The molecule has 0 aliphatic heterocycles. The molecule has 5 heteroatoms. The van der Waals surface area contributed by atoms with E-state index in [1.807, 2.05) is 0 Å². The molecule has 1 heterocycles. The number of aromatic nitrogens is 2. The lowest BCUT2D eigenvalue weighted by Gasteiger charge is -2.11. The Morgan fingerprint density at radius 3 is 2.56 bits per heavy atom. The molecule has 102 valence electrons. The molecule has 1 aromatic rings. The Morgan fingerprint density at radius 1 is 1.11 bits per heavy atom. The van der Waals surface area contributed by atoms with E-state index in [9.17, 15) is 5.11 Å². The molecule has 0 aliphatic carbocycles. The molecule has 0 bridgehead atoms. The third-order valence-electron chi connectivity index (χ3n) is 2.90. The van der Waals surface area contributed by atoms with Gasteiger partial charge in [-0.2, -0.15) is 4.98 Å². The summed E-state index contributed by atoms with van der Waals surface area (Å²) in [6, 6.07) is 0. The highest BCUT2D eigenvalue weighted by Gasteiger charge is 2.08. The van der Waals surface area contributed by atoms with E-state index in [0.717, 1.165) is 13.0 Å². The van der Waals surface area contributed by atoms with Gasteiger partial charge in [-0.05, 0) is 6.42 Å². The summed E-state index contributed by atoms with van der Waals surface area (Å²) in [4.78, 5) is 7.82. The van der Waals surface area contributed by atoms with Crippen LogP contribution in [-0.4, -0.2) is 28.7 Å². The van der Waals surface area contributed by atoms with Crippen LogP contribution >= 0.6 is 0 Å². The summed E-state index contributed by atoms with van der Waals surface area (Å²) in [6.45, 7) is 3.06. The summed E-state index contributed by atoms with van der Waals surface area (Å²) in [5, 5.41) is 15.8. The number of hydrogen-bond donors (Lipinski definition) is 3. The highest BCUT2D eigenvalue weighted by atomic mass is 16.3. The Hall–Kier alpha value is -1.52. The van der Waals surface area contributed by atoms with Gasteiger partial charge in [0, 0.05) is 13.6 Å². The second kappa shape index (κ2) is 8.55. The number of aromatic hydroxyl groups is 1. The van der Waals surface area contributed by atoms with E-state index < -0.39 is 0 Å². The van der Waals surface area contributed by atoms with Gasteiger partial charge in [0.1, 0.15) is 12.0 Å². The molecule has 3 N–H and O–H groups in total. The molecule has 0 unspecified atom stereocenters. The van der Waals surface area contributed by atoms with E-state index >= 15 is 0 Å². The predicted molar refractivity (Wildman–Crippen MR) is 75.1 cm³/mol. The second-order valence-corrected chi connectivity index (χ2v) is 4.37. The van der Waals surface area contributed by atoms with Crippen LogP contribution in [0.4, 0.5) is 11.5 Å². The van der Waals surface area contributed by atoms with Gasteiger partial charge < -0.3 is 15.7 Å². The van der Waals surface area contributed by atoms with Crippen LogP contribution in [-0.2, 0) is 0 Å². The molecule has 0 radical (unpaired) electrons. The van der Waals surface area contributed by atoms with Crippen molar-refractivity contribution in [1.82, 2.24) is 9.97 Å². The van der Waals surface area contributed by atoms with E-state index in [4.69, 9.17) is 0 Å². The summed E-state index contributed by atoms with van der Waals surface area (Å²) >= 11 is 0. The highest BCUT2D eigenvalue weighted by molar-refractivity contribution is 5.68. The van der Waals surface area contributed by atoms with Gasteiger partial charge in [0.15, 0.2) is 5.82 Å². The van der Waals surface area contributed by atoms with Gasteiger partial charge >= 0.3 is 0 Å². The van der Waals surface area contributed by atoms with Gasteiger partial charge in [-0.15, -0.1) is 0 Å². The first-order chi connectivity index (χ1) is 8.79. The van der Waals surface area contributed by atoms with E-state index in [1.54, 1.807) is 7.05 Å². The van der Waals surface area contributed by atoms with Gasteiger partial charge in [0.25, 0.3) is 0 Å². The molecule has 5 nitrogen and oxygen atoms in total. The molecule has 1 rings (SSSR count). The molecular weight excluding hydrogens is 228 g/mol. The number of unbranched alkanes of at least 4 members (excludes halogenated alkanes) is 5. The number of rotatable bonds is 9. The normalized spacial score (nSPS) is 10.3. The lowest BCUT2D eigenvalue weighted by atomic mass is 10.1. The largest absolute Gasteiger partial charge is 0.492 e. The molecule has 0 atom stereocenters. The van der Waals surface area contributed by atoms with Crippen molar-refractivity contribution in [2.45, 2.75) is 45.4 Å². The smallest absolute Gasteiger partial charge is 0.240 e. The summed E-state index contributed by atoms with van der Waals surface area (Å²) in [6.07, 6.45) is 8.86. The number of nitrogens with one attached hydrogen (secondary N) is 2. The zero-order valence-corrected chi connectivity index (χ0v) is 11.4. The van der Waals surface area contributed by atoms with Crippen LogP contribution in [0.2, 0.25) is 0 Å². The minimum absolute atomic E-state index is 0.000308. The summed E-state index contributed by atoms with van der Waals surface area (Å²) in [5.74, 6) is 0.633. The van der Waals surface area contributed by atoms with Crippen LogP contribution in [0, 0.1) is 0 Å². The number of nitrogens with zero attached hydrogens (tertiary/aromatic N) is 2. The Bertz CT molecular complexity index is 344. The van der Waals surface area contributed by atoms with Crippen LogP contribution in [0.5, 0.6) is 5.88 Å². The molecule has 0 saturated carbocycles. The van der Waals surface area contributed by atoms with Crippen LogP contribution in [0.3, 0.4) is 0 Å². The molecule has 18 heavy (non-hydrogen) atoms. The maximum Gasteiger partial charge on any atom is 0.240 e. The van der Waals surface area contributed by atoms with Crippen LogP contribution in [0.25, 0.3) is 0 Å². The first-order valence-corrected chi connectivity index (χ1v) is 6.75. The van der Waals surface area contributed by atoms with Crippen molar-refractivity contribution >= 4 is 11.5 Å². The van der Waals surface area contributed by atoms with Crippen molar-refractivity contribution < 1.29 is 5.11 Å². The van der Waals surface area contributed by atoms with Crippen LogP contribution < -0.4 is 10.6 Å². The summed E-state index contributed by atoms with van der Waals surface area (Å²) in [7, 11) is 1.78. The fourth-order valence-electron chi connectivity index (χ4n) is 1.85. The third-order valence-corrected chi connectivity index (χ3v) is 2.90. The number of hydrogen-bond acceptors (Lipinski definition) is 5. The minimum atomic E-state index is 0.000308. The van der Waals surface area contributed by atoms with Crippen LogP contribution in [0.1, 0.15) is 45.4 Å². The average Bonchev–Trinajstić information content (AvgIpc) is 2.39. The highest BCUT2D eigenvalue weighted by Crippen LogP contribution is 2.26. The van der Waals surface area contributed by atoms with Gasteiger partial charge in [-0.3, -0.25) is 0 Å². The average molecular weight is 252 g/mol.